The monoisotopic (exact) mass is 431 g/mol. The average Bonchev–Trinajstić information content (AvgIpc) is 2.82. The fraction of sp³-hybridized carbons (Fsp3) is 0.375. The Morgan fingerprint density at radius 2 is 1.91 bits per heavy atom. The fourth-order valence-electron chi connectivity index (χ4n) is 4.53. The molecule has 5 rings (SSSR count). The van der Waals surface area contributed by atoms with Gasteiger partial charge >= 0.3 is 0 Å². The van der Waals surface area contributed by atoms with Gasteiger partial charge in [-0.2, -0.15) is 5.10 Å². The van der Waals surface area contributed by atoms with Crippen molar-refractivity contribution in [3.8, 4) is 11.4 Å². The summed E-state index contributed by atoms with van der Waals surface area (Å²) < 4.78 is 7.54. The molecule has 1 saturated heterocycles. The van der Waals surface area contributed by atoms with Gasteiger partial charge in [-0.15, -0.1) is 0 Å². The van der Waals surface area contributed by atoms with Crippen LogP contribution in [0.1, 0.15) is 29.8 Å². The number of nitrogens with zero attached hydrogens (tertiary/aromatic N) is 5. The maximum absolute atomic E-state index is 12.8. The standard InChI is InChI=1S/C24H25N5O3/c1-17-7-8-20(30)29(27-17)16-21(31)28-12-10-24(11-13-28)22-19(9-14-32-24)15-25-23(26-22)18-5-3-2-4-6-18/h2-8,15H,9-14,16H2,1H3. The van der Waals surface area contributed by atoms with Crippen molar-refractivity contribution in [1.82, 2.24) is 24.6 Å². The molecule has 8 heteroatoms. The van der Waals surface area contributed by atoms with E-state index in [-0.39, 0.29) is 18.0 Å². The van der Waals surface area contributed by atoms with E-state index in [1.165, 1.54) is 10.7 Å². The second-order valence-electron chi connectivity index (χ2n) is 8.38. The van der Waals surface area contributed by atoms with E-state index in [1.54, 1.807) is 17.9 Å². The lowest BCUT2D eigenvalue weighted by Gasteiger charge is -2.44. The van der Waals surface area contributed by atoms with Crippen LogP contribution >= 0.6 is 0 Å². The Labute approximate surface area is 185 Å². The normalized spacial score (nSPS) is 17.2. The predicted octanol–water partition coefficient (Wildman–Crippen LogP) is 2.10. The number of piperidine rings is 1. The maximum Gasteiger partial charge on any atom is 0.267 e. The van der Waals surface area contributed by atoms with E-state index in [9.17, 15) is 9.59 Å². The number of benzene rings is 1. The molecule has 2 aliphatic rings. The van der Waals surface area contributed by atoms with Crippen LogP contribution in [0, 0.1) is 6.92 Å². The van der Waals surface area contributed by atoms with Gasteiger partial charge in [0, 0.05) is 30.9 Å². The minimum atomic E-state index is -0.505. The zero-order valence-electron chi connectivity index (χ0n) is 18.0. The number of hydrogen-bond donors (Lipinski definition) is 0. The first-order chi connectivity index (χ1) is 15.5. The minimum absolute atomic E-state index is 0.0503. The third kappa shape index (κ3) is 3.82. The van der Waals surface area contributed by atoms with Crippen LogP contribution in [-0.4, -0.2) is 50.3 Å². The summed E-state index contributed by atoms with van der Waals surface area (Å²) in [4.78, 5) is 36.2. The first-order valence-electron chi connectivity index (χ1n) is 10.9. The Kier molecular flexibility index (Phi) is 5.30. The Balaban J connectivity index is 1.35. The van der Waals surface area contributed by atoms with Gasteiger partial charge < -0.3 is 9.64 Å². The van der Waals surface area contributed by atoms with Gasteiger partial charge in [0.05, 0.1) is 18.0 Å². The first-order valence-corrected chi connectivity index (χ1v) is 10.9. The summed E-state index contributed by atoms with van der Waals surface area (Å²) in [5.74, 6) is 0.585. The van der Waals surface area contributed by atoms with Crippen molar-refractivity contribution in [3.63, 3.8) is 0 Å². The number of ether oxygens (including phenoxy) is 1. The lowest BCUT2D eigenvalue weighted by molar-refractivity contribution is -0.142. The quantitative estimate of drug-likeness (QED) is 0.631. The van der Waals surface area contributed by atoms with Gasteiger partial charge in [0.1, 0.15) is 12.1 Å². The van der Waals surface area contributed by atoms with Gasteiger partial charge in [0.2, 0.25) is 5.91 Å². The van der Waals surface area contributed by atoms with Crippen molar-refractivity contribution < 1.29 is 9.53 Å². The summed E-state index contributed by atoms with van der Waals surface area (Å²) >= 11 is 0. The molecule has 1 spiro atoms. The van der Waals surface area contributed by atoms with Gasteiger partial charge in [-0.05, 0) is 37.8 Å². The summed E-state index contributed by atoms with van der Waals surface area (Å²) in [6.07, 6.45) is 4.03. The van der Waals surface area contributed by atoms with Gasteiger partial charge in [0.15, 0.2) is 5.82 Å². The highest BCUT2D eigenvalue weighted by molar-refractivity contribution is 5.76. The van der Waals surface area contributed by atoms with E-state index < -0.39 is 5.60 Å². The smallest absolute Gasteiger partial charge is 0.267 e. The van der Waals surface area contributed by atoms with Gasteiger partial charge in [-0.25, -0.2) is 14.6 Å². The first kappa shape index (κ1) is 20.5. The van der Waals surface area contributed by atoms with E-state index >= 15 is 0 Å². The number of carbonyl (C=O) groups excluding carboxylic acids is 1. The van der Waals surface area contributed by atoms with Crippen LogP contribution in [0.4, 0.5) is 0 Å². The number of fused-ring (bicyclic) bond motifs is 2. The number of likely N-dealkylation sites (tertiary alicyclic amines) is 1. The number of hydrogen-bond acceptors (Lipinski definition) is 6. The van der Waals surface area contributed by atoms with Gasteiger partial charge in [-0.3, -0.25) is 9.59 Å². The largest absolute Gasteiger partial charge is 0.368 e. The van der Waals surface area contributed by atoms with Crippen molar-refractivity contribution in [2.24, 2.45) is 0 Å². The van der Waals surface area contributed by atoms with E-state index in [1.807, 2.05) is 36.5 Å². The Bertz CT molecular complexity index is 1200. The Morgan fingerprint density at radius 3 is 2.69 bits per heavy atom. The van der Waals surface area contributed by atoms with Crippen LogP contribution in [0.15, 0.2) is 53.5 Å². The number of amides is 1. The predicted molar refractivity (Wildman–Crippen MR) is 118 cm³/mol. The molecule has 0 bridgehead atoms. The zero-order chi connectivity index (χ0) is 22.1. The van der Waals surface area contributed by atoms with Crippen LogP contribution in [0.25, 0.3) is 11.4 Å². The molecule has 4 heterocycles. The van der Waals surface area contributed by atoms with Crippen molar-refractivity contribution in [2.45, 2.75) is 38.3 Å². The molecule has 3 aromatic rings. The molecule has 0 unspecified atom stereocenters. The Hall–Kier alpha value is -3.39. The molecular weight excluding hydrogens is 406 g/mol. The number of aryl methyl sites for hydroxylation is 1. The number of rotatable bonds is 3. The second kappa shape index (κ2) is 8.27. The highest BCUT2D eigenvalue weighted by Gasteiger charge is 2.43. The van der Waals surface area contributed by atoms with Crippen LogP contribution < -0.4 is 5.56 Å². The van der Waals surface area contributed by atoms with E-state index in [0.717, 1.165) is 23.2 Å². The molecule has 1 amide bonds. The average molecular weight is 431 g/mol. The molecule has 32 heavy (non-hydrogen) atoms. The topological polar surface area (TPSA) is 90.2 Å². The van der Waals surface area contributed by atoms with Crippen molar-refractivity contribution >= 4 is 5.91 Å². The van der Waals surface area contributed by atoms with E-state index in [4.69, 9.17) is 9.72 Å². The second-order valence-corrected chi connectivity index (χ2v) is 8.38. The summed E-state index contributed by atoms with van der Waals surface area (Å²) in [5.41, 5.74) is 2.96. The number of aromatic nitrogens is 4. The molecule has 1 fully saturated rings. The lowest BCUT2D eigenvalue weighted by atomic mass is 9.83. The molecule has 2 aliphatic heterocycles. The van der Waals surface area contributed by atoms with E-state index in [2.05, 4.69) is 10.1 Å². The molecule has 8 nitrogen and oxygen atoms in total. The third-order valence-electron chi connectivity index (χ3n) is 6.29. The molecule has 0 atom stereocenters. The van der Waals surface area contributed by atoms with Crippen LogP contribution in [-0.2, 0) is 28.1 Å². The maximum atomic E-state index is 12.8. The summed E-state index contributed by atoms with van der Waals surface area (Å²) in [6, 6.07) is 13.0. The third-order valence-corrected chi connectivity index (χ3v) is 6.29. The molecule has 0 radical (unpaired) electrons. The van der Waals surface area contributed by atoms with E-state index in [0.29, 0.717) is 44.1 Å². The summed E-state index contributed by atoms with van der Waals surface area (Å²) in [7, 11) is 0. The number of carbonyl (C=O) groups is 1. The molecule has 0 aliphatic carbocycles. The zero-order valence-corrected chi connectivity index (χ0v) is 18.0. The molecule has 1 aromatic carbocycles. The van der Waals surface area contributed by atoms with Crippen LogP contribution in [0.5, 0.6) is 0 Å². The van der Waals surface area contributed by atoms with Crippen molar-refractivity contribution in [1.29, 1.82) is 0 Å². The van der Waals surface area contributed by atoms with Gasteiger partial charge in [-0.1, -0.05) is 30.3 Å². The molecule has 0 N–H and O–H groups in total. The molecular formula is C24H25N5O3. The van der Waals surface area contributed by atoms with Crippen LogP contribution in [0.2, 0.25) is 0 Å². The molecule has 164 valence electrons. The van der Waals surface area contributed by atoms with Gasteiger partial charge in [0.25, 0.3) is 5.56 Å². The molecule has 0 saturated carbocycles. The SMILES string of the molecule is Cc1ccc(=O)n(CC(=O)N2CCC3(CC2)OCCc2cnc(-c4ccccc4)nc23)n1. The fourth-order valence-corrected chi connectivity index (χ4v) is 4.53. The highest BCUT2D eigenvalue weighted by Crippen LogP contribution is 2.40. The van der Waals surface area contributed by atoms with Crippen molar-refractivity contribution in [2.75, 3.05) is 19.7 Å². The lowest BCUT2D eigenvalue weighted by Crippen LogP contribution is -2.50. The minimum Gasteiger partial charge on any atom is -0.368 e. The molecule has 2 aromatic heterocycles. The Morgan fingerprint density at radius 1 is 1.12 bits per heavy atom. The summed E-state index contributed by atoms with van der Waals surface area (Å²) in [5, 5.41) is 4.17. The summed E-state index contributed by atoms with van der Waals surface area (Å²) in [6.45, 7) is 3.46. The highest BCUT2D eigenvalue weighted by atomic mass is 16.5. The van der Waals surface area contributed by atoms with Crippen molar-refractivity contribution in [3.05, 3.63) is 76.0 Å². The van der Waals surface area contributed by atoms with Crippen LogP contribution in [0.3, 0.4) is 0 Å².